The van der Waals surface area contributed by atoms with Crippen molar-refractivity contribution in [1.82, 2.24) is 30.0 Å². The molecule has 0 saturated carbocycles. The van der Waals surface area contributed by atoms with Gasteiger partial charge in [-0.15, -0.1) is 22.0 Å². The molecule has 0 aliphatic heterocycles. The Morgan fingerprint density at radius 2 is 1.58 bits per heavy atom. The van der Waals surface area contributed by atoms with E-state index in [-0.39, 0.29) is 0 Å². The van der Waals surface area contributed by atoms with Crippen molar-refractivity contribution in [2.45, 2.75) is 17.3 Å². The van der Waals surface area contributed by atoms with Gasteiger partial charge in [0.15, 0.2) is 0 Å². The lowest BCUT2D eigenvalue weighted by atomic mass is 10.1. The molecule has 5 aromatic rings. The van der Waals surface area contributed by atoms with Crippen LogP contribution >= 0.6 is 11.8 Å². The van der Waals surface area contributed by atoms with E-state index in [2.05, 4.69) is 38.7 Å². The van der Waals surface area contributed by atoms with Gasteiger partial charge in [0.05, 0.1) is 35.6 Å². The second-order valence-corrected chi connectivity index (χ2v) is 8.30. The van der Waals surface area contributed by atoms with Crippen molar-refractivity contribution in [3.8, 4) is 23.1 Å². The van der Waals surface area contributed by atoms with Gasteiger partial charge in [-0.3, -0.25) is 0 Å². The Bertz CT molecular complexity index is 1380. The zero-order valence-corrected chi connectivity index (χ0v) is 18.4. The fraction of sp³-hybridized carbons (Fsp3) is 0.0800. The Balaban J connectivity index is 1.45. The van der Waals surface area contributed by atoms with E-state index >= 15 is 0 Å². The number of aromatic nitrogens is 6. The van der Waals surface area contributed by atoms with Gasteiger partial charge in [0.1, 0.15) is 5.03 Å². The predicted molar refractivity (Wildman–Crippen MR) is 127 cm³/mol. The predicted octanol–water partition coefficient (Wildman–Crippen LogP) is 4.74. The summed E-state index contributed by atoms with van der Waals surface area (Å²) in [6, 6.07) is 29.9. The van der Waals surface area contributed by atoms with Crippen molar-refractivity contribution in [2.75, 3.05) is 0 Å². The van der Waals surface area contributed by atoms with E-state index in [0.29, 0.717) is 17.9 Å². The number of para-hydroxylation sites is 1. The molecule has 0 amide bonds. The van der Waals surface area contributed by atoms with Crippen LogP contribution in [-0.2, 0) is 12.3 Å². The standard InChI is InChI=1S/C25H19N7S/c26-15-19-11-13-20(14-12-19)17-31-29-24(28-30-31)23-16-27-32(22-9-5-2-6-10-22)25(23)33-18-21-7-3-1-4-8-21/h1-14,16H,17-18H2. The fourth-order valence-electron chi connectivity index (χ4n) is 3.37. The highest BCUT2D eigenvalue weighted by Crippen LogP contribution is 2.33. The number of rotatable bonds is 7. The molecule has 0 saturated heterocycles. The summed E-state index contributed by atoms with van der Waals surface area (Å²) in [5.74, 6) is 1.33. The van der Waals surface area contributed by atoms with Gasteiger partial charge in [-0.2, -0.15) is 15.2 Å². The highest BCUT2D eigenvalue weighted by atomic mass is 32.2. The highest BCUT2D eigenvalue weighted by molar-refractivity contribution is 7.98. The third-order valence-corrected chi connectivity index (χ3v) is 6.19. The van der Waals surface area contributed by atoms with Crippen LogP contribution in [0.1, 0.15) is 16.7 Å². The maximum absolute atomic E-state index is 8.97. The summed E-state index contributed by atoms with van der Waals surface area (Å²) in [6.07, 6.45) is 1.80. The lowest BCUT2D eigenvalue weighted by Gasteiger charge is -2.08. The summed E-state index contributed by atoms with van der Waals surface area (Å²) in [5.41, 5.74) is 4.66. The Labute approximate surface area is 195 Å². The van der Waals surface area contributed by atoms with Crippen LogP contribution in [0.4, 0.5) is 0 Å². The Hall–Kier alpha value is -4.22. The van der Waals surface area contributed by atoms with E-state index in [1.165, 1.54) is 5.56 Å². The number of benzene rings is 3. The maximum Gasteiger partial charge on any atom is 0.209 e. The molecule has 0 atom stereocenters. The van der Waals surface area contributed by atoms with E-state index < -0.39 is 0 Å². The average Bonchev–Trinajstić information content (AvgIpc) is 3.51. The fourth-order valence-corrected chi connectivity index (χ4v) is 4.44. The molecule has 0 unspecified atom stereocenters. The molecule has 3 aromatic carbocycles. The van der Waals surface area contributed by atoms with E-state index in [9.17, 15) is 0 Å². The number of tetrazole rings is 1. The van der Waals surface area contributed by atoms with Crippen LogP contribution < -0.4 is 0 Å². The first-order chi connectivity index (χ1) is 16.3. The average molecular weight is 450 g/mol. The number of nitrogens with zero attached hydrogens (tertiary/aromatic N) is 7. The van der Waals surface area contributed by atoms with Crippen molar-refractivity contribution in [3.63, 3.8) is 0 Å². The molecule has 0 radical (unpaired) electrons. The van der Waals surface area contributed by atoms with Crippen LogP contribution in [0.3, 0.4) is 0 Å². The van der Waals surface area contributed by atoms with Crippen LogP contribution in [0, 0.1) is 11.3 Å². The van der Waals surface area contributed by atoms with Crippen molar-refractivity contribution in [3.05, 3.63) is 108 Å². The first kappa shape index (κ1) is 20.7. The number of hydrogen-bond donors (Lipinski definition) is 0. The third kappa shape index (κ3) is 4.68. The van der Waals surface area contributed by atoms with E-state index in [1.54, 1.807) is 34.9 Å². The lowest BCUT2D eigenvalue weighted by molar-refractivity contribution is 0.573. The molecule has 0 spiro atoms. The van der Waals surface area contributed by atoms with Crippen molar-refractivity contribution < 1.29 is 0 Å². The summed E-state index contributed by atoms with van der Waals surface area (Å²) in [7, 11) is 0. The first-order valence-electron chi connectivity index (χ1n) is 10.4. The van der Waals surface area contributed by atoms with Gasteiger partial charge < -0.3 is 0 Å². The van der Waals surface area contributed by atoms with Crippen LogP contribution in [0.15, 0.2) is 96.2 Å². The van der Waals surface area contributed by atoms with Crippen molar-refractivity contribution in [2.24, 2.45) is 0 Å². The van der Waals surface area contributed by atoms with Gasteiger partial charge >= 0.3 is 0 Å². The molecule has 0 aliphatic rings. The molecular formula is C25H19N7S. The number of hydrogen-bond acceptors (Lipinski definition) is 6. The summed E-state index contributed by atoms with van der Waals surface area (Å²) >= 11 is 1.69. The molecule has 160 valence electrons. The molecule has 0 N–H and O–H groups in total. The van der Waals surface area contributed by atoms with E-state index in [0.717, 1.165) is 27.6 Å². The molecule has 5 rings (SSSR count). The summed E-state index contributed by atoms with van der Waals surface area (Å²) in [5, 5.41) is 27.7. The largest absolute Gasteiger partial charge is 0.226 e. The molecule has 2 heterocycles. The van der Waals surface area contributed by atoms with Crippen molar-refractivity contribution in [1.29, 1.82) is 5.26 Å². The summed E-state index contributed by atoms with van der Waals surface area (Å²) in [4.78, 5) is 1.56. The van der Waals surface area contributed by atoms with Gasteiger partial charge in [-0.25, -0.2) is 4.68 Å². The summed E-state index contributed by atoms with van der Waals surface area (Å²) in [6.45, 7) is 0.470. The zero-order chi connectivity index (χ0) is 22.5. The molecule has 0 aliphatic carbocycles. The molecular weight excluding hydrogens is 430 g/mol. The van der Waals surface area contributed by atoms with Crippen LogP contribution in [-0.4, -0.2) is 30.0 Å². The van der Waals surface area contributed by atoms with Gasteiger partial charge in [0.2, 0.25) is 5.82 Å². The maximum atomic E-state index is 8.97. The van der Waals surface area contributed by atoms with Crippen LogP contribution in [0.25, 0.3) is 17.1 Å². The number of thioether (sulfide) groups is 1. The molecule has 7 nitrogen and oxygen atoms in total. The molecule has 0 fully saturated rings. The van der Waals surface area contributed by atoms with Gasteiger partial charge in [0.25, 0.3) is 0 Å². The second kappa shape index (κ2) is 9.51. The smallest absolute Gasteiger partial charge is 0.209 e. The monoisotopic (exact) mass is 449 g/mol. The topological polar surface area (TPSA) is 85.2 Å². The zero-order valence-electron chi connectivity index (χ0n) is 17.6. The van der Waals surface area contributed by atoms with Crippen LogP contribution in [0.2, 0.25) is 0 Å². The number of nitriles is 1. The molecule has 2 aromatic heterocycles. The molecule has 33 heavy (non-hydrogen) atoms. The third-order valence-electron chi connectivity index (χ3n) is 5.04. The first-order valence-corrected chi connectivity index (χ1v) is 11.4. The van der Waals surface area contributed by atoms with Gasteiger partial charge in [0, 0.05) is 5.75 Å². The van der Waals surface area contributed by atoms with Gasteiger partial charge in [-0.05, 0) is 40.6 Å². The van der Waals surface area contributed by atoms with Gasteiger partial charge in [-0.1, -0.05) is 60.7 Å². The SMILES string of the molecule is N#Cc1ccc(Cn2nnc(-c3cnn(-c4ccccc4)c3SCc3ccccc3)n2)cc1. The molecule has 8 heteroatoms. The highest BCUT2D eigenvalue weighted by Gasteiger charge is 2.19. The minimum atomic E-state index is 0.470. The minimum absolute atomic E-state index is 0.470. The normalized spacial score (nSPS) is 10.8. The Morgan fingerprint density at radius 1 is 0.848 bits per heavy atom. The Kier molecular flexibility index (Phi) is 5.95. The van der Waals surface area contributed by atoms with Crippen molar-refractivity contribution >= 4 is 11.8 Å². The van der Waals surface area contributed by atoms with E-state index in [1.807, 2.05) is 65.3 Å². The van der Waals surface area contributed by atoms with E-state index in [4.69, 9.17) is 5.26 Å². The minimum Gasteiger partial charge on any atom is -0.226 e. The Morgan fingerprint density at radius 3 is 2.30 bits per heavy atom. The lowest BCUT2D eigenvalue weighted by Crippen LogP contribution is -2.04. The molecule has 0 bridgehead atoms. The quantitative estimate of drug-likeness (QED) is 0.334. The van der Waals surface area contributed by atoms with Crippen LogP contribution in [0.5, 0.6) is 0 Å². The summed E-state index contributed by atoms with van der Waals surface area (Å²) < 4.78 is 1.92. The second-order valence-electron chi connectivity index (χ2n) is 7.34.